The third-order valence-electron chi connectivity index (χ3n) is 3.83. The van der Waals surface area contributed by atoms with Crippen LogP contribution in [0.3, 0.4) is 0 Å². The summed E-state index contributed by atoms with van der Waals surface area (Å²) in [6.45, 7) is 6.98. The van der Waals surface area contributed by atoms with Crippen molar-refractivity contribution >= 4 is 38.9 Å². The number of nitrogens with one attached hydrogen (secondary N) is 1. The van der Waals surface area contributed by atoms with Crippen LogP contribution < -0.4 is 5.32 Å². The summed E-state index contributed by atoms with van der Waals surface area (Å²) in [5.41, 5.74) is 0.515. The standard InChI is InChI=1S/C18H10F2N6OS/c1-21-12-4-2-3-10(19)14(12)18-26-15-11(20)6-22-17(16(15)28-18)25-13-5-9(7-27)23-8-24-13/h2-6,8,27H,7H2,(H,22,23,24,25). The Balaban J connectivity index is 1.85. The summed E-state index contributed by atoms with van der Waals surface area (Å²) in [5.74, 6) is -0.660. The van der Waals surface area contributed by atoms with Gasteiger partial charge in [0.2, 0.25) is 0 Å². The van der Waals surface area contributed by atoms with Gasteiger partial charge in [0.05, 0.1) is 30.6 Å². The molecule has 4 aromatic rings. The molecule has 2 N–H and O–H groups in total. The molecule has 0 aliphatic carbocycles. The minimum Gasteiger partial charge on any atom is -0.390 e. The molecular formula is C18H10F2N6OS. The lowest BCUT2D eigenvalue weighted by atomic mass is 10.2. The number of fused-ring (bicyclic) bond motifs is 1. The van der Waals surface area contributed by atoms with Crippen LogP contribution in [0.1, 0.15) is 5.69 Å². The lowest BCUT2D eigenvalue weighted by Crippen LogP contribution is -1.99. The second-order valence-corrected chi connectivity index (χ2v) is 6.57. The molecular weight excluding hydrogens is 386 g/mol. The lowest BCUT2D eigenvalue weighted by molar-refractivity contribution is 0.276. The zero-order valence-corrected chi connectivity index (χ0v) is 14.8. The van der Waals surface area contributed by atoms with Gasteiger partial charge in [0.25, 0.3) is 0 Å². The van der Waals surface area contributed by atoms with Gasteiger partial charge in [-0.1, -0.05) is 12.1 Å². The van der Waals surface area contributed by atoms with Gasteiger partial charge in [-0.05, 0) is 6.07 Å². The van der Waals surface area contributed by atoms with Gasteiger partial charge in [-0.3, -0.25) is 0 Å². The minimum absolute atomic E-state index is 0.00752. The minimum atomic E-state index is -0.664. The Bertz CT molecular complexity index is 1240. The van der Waals surface area contributed by atoms with Crippen LogP contribution in [-0.2, 0) is 6.61 Å². The first-order chi connectivity index (χ1) is 13.6. The highest BCUT2D eigenvalue weighted by molar-refractivity contribution is 7.22. The maximum atomic E-state index is 14.3. The molecule has 0 amide bonds. The Kier molecular flexibility index (Phi) is 4.60. The summed E-state index contributed by atoms with van der Waals surface area (Å²) in [4.78, 5) is 19.5. The summed E-state index contributed by atoms with van der Waals surface area (Å²) in [6.07, 6.45) is 2.27. The van der Waals surface area contributed by atoms with Gasteiger partial charge in [0.1, 0.15) is 33.2 Å². The van der Waals surface area contributed by atoms with Crippen molar-refractivity contribution in [2.24, 2.45) is 0 Å². The Morgan fingerprint density at radius 1 is 1.18 bits per heavy atom. The van der Waals surface area contributed by atoms with E-state index in [2.05, 4.69) is 30.1 Å². The first kappa shape index (κ1) is 17.8. The fourth-order valence-corrected chi connectivity index (χ4v) is 3.65. The first-order valence-corrected chi connectivity index (χ1v) is 8.72. The monoisotopic (exact) mass is 396 g/mol. The average Bonchev–Trinajstić information content (AvgIpc) is 3.16. The molecule has 0 unspecified atom stereocenters. The average molecular weight is 396 g/mol. The summed E-state index contributed by atoms with van der Waals surface area (Å²) >= 11 is 1.01. The van der Waals surface area contributed by atoms with E-state index in [4.69, 9.17) is 6.57 Å². The van der Waals surface area contributed by atoms with Gasteiger partial charge in [-0.15, -0.1) is 11.3 Å². The second kappa shape index (κ2) is 7.22. The zero-order chi connectivity index (χ0) is 19.7. The molecule has 4 rings (SSSR count). The molecule has 10 heteroatoms. The molecule has 0 atom stereocenters. The number of aromatic nitrogens is 4. The van der Waals surface area contributed by atoms with Gasteiger partial charge in [-0.2, -0.15) is 0 Å². The van der Waals surface area contributed by atoms with Crippen LogP contribution in [0.2, 0.25) is 0 Å². The molecule has 0 radical (unpaired) electrons. The van der Waals surface area contributed by atoms with E-state index >= 15 is 0 Å². The van der Waals surface area contributed by atoms with Crippen LogP contribution in [0.25, 0.3) is 25.6 Å². The topological polar surface area (TPSA) is 88.2 Å². The molecule has 0 aliphatic rings. The van der Waals surface area contributed by atoms with Crippen molar-refractivity contribution in [3.63, 3.8) is 0 Å². The molecule has 28 heavy (non-hydrogen) atoms. The molecule has 0 saturated carbocycles. The number of aliphatic hydroxyl groups excluding tert-OH is 1. The zero-order valence-electron chi connectivity index (χ0n) is 14.0. The Labute approximate surface area is 161 Å². The Hall–Kier alpha value is -3.55. The van der Waals surface area contributed by atoms with Crippen LogP contribution in [0.15, 0.2) is 36.8 Å². The number of anilines is 2. The molecule has 7 nitrogen and oxygen atoms in total. The molecule has 3 heterocycles. The Morgan fingerprint density at radius 3 is 2.82 bits per heavy atom. The Morgan fingerprint density at radius 2 is 2.04 bits per heavy atom. The molecule has 0 spiro atoms. The third kappa shape index (κ3) is 3.13. The molecule has 0 aliphatic heterocycles. The highest BCUT2D eigenvalue weighted by atomic mass is 32.1. The highest BCUT2D eigenvalue weighted by Gasteiger charge is 2.19. The SMILES string of the molecule is [C-]#[N+]c1cccc(F)c1-c1nc2c(F)cnc(Nc3cc(CO)ncn3)c2s1. The highest BCUT2D eigenvalue weighted by Crippen LogP contribution is 2.40. The van der Waals surface area contributed by atoms with Crippen molar-refractivity contribution < 1.29 is 13.9 Å². The largest absolute Gasteiger partial charge is 0.390 e. The van der Waals surface area contributed by atoms with E-state index in [1.165, 1.54) is 30.6 Å². The summed E-state index contributed by atoms with van der Waals surface area (Å²) < 4.78 is 29.0. The van der Waals surface area contributed by atoms with E-state index in [1.54, 1.807) is 0 Å². The van der Waals surface area contributed by atoms with Crippen molar-refractivity contribution in [2.75, 3.05) is 5.32 Å². The molecule has 0 saturated heterocycles. The normalized spacial score (nSPS) is 10.8. The molecule has 0 bridgehead atoms. The summed E-state index contributed by atoms with van der Waals surface area (Å²) in [5, 5.41) is 12.3. The summed E-state index contributed by atoms with van der Waals surface area (Å²) in [7, 11) is 0. The summed E-state index contributed by atoms with van der Waals surface area (Å²) in [6, 6.07) is 5.65. The van der Waals surface area contributed by atoms with Crippen molar-refractivity contribution in [3.8, 4) is 10.6 Å². The van der Waals surface area contributed by atoms with E-state index in [0.717, 1.165) is 17.5 Å². The van der Waals surface area contributed by atoms with Crippen LogP contribution in [0, 0.1) is 18.2 Å². The van der Waals surface area contributed by atoms with Gasteiger partial charge in [0, 0.05) is 6.07 Å². The number of hydrogen-bond acceptors (Lipinski definition) is 7. The van der Waals surface area contributed by atoms with E-state index in [9.17, 15) is 13.9 Å². The maximum absolute atomic E-state index is 14.3. The number of halogens is 2. The lowest BCUT2D eigenvalue weighted by Gasteiger charge is -2.06. The predicted octanol–water partition coefficient (Wildman–Crippen LogP) is 4.21. The number of nitrogens with zero attached hydrogens (tertiary/aromatic N) is 5. The molecule has 1 aromatic carbocycles. The molecule has 0 fully saturated rings. The second-order valence-electron chi connectivity index (χ2n) is 5.57. The van der Waals surface area contributed by atoms with E-state index in [0.29, 0.717) is 16.2 Å². The predicted molar refractivity (Wildman–Crippen MR) is 100 cm³/mol. The van der Waals surface area contributed by atoms with Crippen LogP contribution in [0.5, 0.6) is 0 Å². The number of aliphatic hydroxyl groups is 1. The first-order valence-electron chi connectivity index (χ1n) is 7.91. The number of rotatable bonds is 4. The van der Waals surface area contributed by atoms with Gasteiger partial charge in [-0.25, -0.2) is 33.6 Å². The van der Waals surface area contributed by atoms with Gasteiger partial charge >= 0.3 is 0 Å². The van der Waals surface area contributed by atoms with Crippen molar-refractivity contribution in [2.45, 2.75) is 6.61 Å². The van der Waals surface area contributed by atoms with Gasteiger partial charge < -0.3 is 10.4 Å². The molecule has 3 aromatic heterocycles. The van der Waals surface area contributed by atoms with Gasteiger partial charge in [0.15, 0.2) is 17.3 Å². The van der Waals surface area contributed by atoms with E-state index < -0.39 is 11.6 Å². The smallest absolute Gasteiger partial charge is 0.200 e. The number of thiazole rings is 1. The fraction of sp³-hybridized carbons (Fsp3) is 0.0556. The van der Waals surface area contributed by atoms with Crippen LogP contribution in [-0.4, -0.2) is 25.0 Å². The molecule has 138 valence electrons. The fourth-order valence-electron chi connectivity index (χ4n) is 2.57. The maximum Gasteiger partial charge on any atom is 0.200 e. The van der Waals surface area contributed by atoms with E-state index in [-0.39, 0.29) is 34.2 Å². The number of benzene rings is 1. The van der Waals surface area contributed by atoms with Crippen molar-refractivity contribution in [3.05, 3.63) is 65.5 Å². The number of hydrogen-bond donors (Lipinski definition) is 2. The third-order valence-corrected chi connectivity index (χ3v) is 4.91. The van der Waals surface area contributed by atoms with Crippen LogP contribution >= 0.6 is 11.3 Å². The van der Waals surface area contributed by atoms with Crippen LogP contribution in [0.4, 0.5) is 26.1 Å². The van der Waals surface area contributed by atoms with E-state index in [1.807, 2.05) is 0 Å². The number of pyridine rings is 1. The van der Waals surface area contributed by atoms with Crippen molar-refractivity contribution in [1.82, 2.24) is 19.9 Å². The quantitative estimate of drug-likeness (QED) is 0.503. The van der Waals surface area contributed by atoms with Crippen molar-refractivity contribution in [1.29, 1.82) is 0 Å².